The maximum atomic E-state index is 7.75. The number of hydrogen-bond donors (Lipinski definition) is 2. The summed E-state index contributed by atoms with van der Waals surface area (Å²) in [6, 6.07) is 22.8. The number of ether oxygens (including phenoxy) is 1. The van der Waals surface area contributed by atoms with Crippen LogP contribution in [-0.2, 0) is 0 Å². The molecular weight excluding hydrogens is 368 g/mol. The van der Waals surface area contributed by atoms with Gasteiger partial charge < -0.3 is 15.9 Å². The van der Waals surface area contributed by atoms with Gasteiger partial charge in [-0.3, -0.25) is 0 Å². The molecule has 0 bridgehead atoms. The van der Waals surface area contributed by atoms with Crippen LogP contribution in [0.25, 0.3) is 11.1 Å². The van der Waals surface area contributed by atoms with E-state index in [-0.39, 0.29) is 0 Å². The molecule has 3 aromatic carbocycles. The van der Waals surface area contributed by atoms with Crippen LogP contribution in [0, 0.1) is 5.41 Å². The van der Waals surface area contributed by atoms with E-state index in [1.807, 2.05) is 24.3 Å². The molecule has 0 saturated heterocycles. The number of benzene rings is 3. The van der Waals surface area contributed by atoms with Crippen LogP contribution < -0.4 is 10.5 Å². The summed E-state index contributed by atoms with van der Waals surface area (Å²) < 4.78 is 5.85. The Kier molecular flexibility index (Phi) is 6.73. The van der Waals surface area contributed by atoms with Gasteiger partial charge >= 0.3 is 0 Å². The smallest absolute Gasteiger partial charge is 0.126 e. The van der Waals surface area contributed by atoms with Gasteiger partial charge in [-0.15, -0.1) is 0 Å². The number of nitrogens with two attached hydrogens (primary N) is 1. The fourth-order valence-electron chi connectivity index (χ4n) is 3.79. The van der Waals surface area contributed by atoms with Gasteiger partial charge in [0.15, 0.2) is 0 Å². The maximum Gasteiger partial charge on any atom is 0.126 e. The lowest BCUT2D eigenvalue weighted by molar-refractivity contribution is 0.413. The Labute approximate surface area is 179 Å². The van der Waals surface area contributed by atoms with Gasteiger partial charge in [0.2, 0.25) is 0 Å². The minimum atomic E-state index is 0.418. The van der Waals surface area contributed by atoms with E-state index in [1.54, 1.807) is 7.11 Å². The highest BCUT2D eigenvalue weighted by Crippen LogP contribution is 2.40. The number of anilines is 1. The fourth-order valence-corrected chi connectivity index (χ4v) is 3.79. The van der Waals surface area contributed by atoms with Crippen LogP contribution in [0.4, 0.5) is 5.69 Å². The van der Waals surface area contributed by atoms with Crippen molar-refractivity contribution in [2.24, 2.45) is 0 Å². The van der Waals surface area contributed by atoms with Crippen molar-refractivity contribution >= 4 is 23.0 Å². The third kappa shape index (κ3) is 4.30. The molecule has 30 heavy (non-hydrogen) atoms. The molecule has 3 aromatic rings. The van der Waals surface area contributed by atoms with Crippen molar-refractivity contribution in [3.8, 4) is 5.75 Å². The first-order chi connectivity index (χ1) is 14.5. The molecule has 154 valence electrons. The average Bonchev–Trinajstić information content (AvgIpc) is 2.78. The molecule has 0 fully saturated rings. The predicted molar refractivity (Wildman–Crippen MR) is 128 cm³/mol. The van der Waals surface area contributed by atoms with Crippen LogP contribution in [0.2, 0.25) is 0 Å². The number of methoxy groups -OCH3 is 1. The van der Waals surface area contributed by atoms with Gasteiger partial charge in [-0.05, 0) is 58.4 Å². The molecular formula is C27H30N2O. The Hall–Kier alpha value is -3.33. The maximum absolute atomic E-state index is 7.75. The number of nitrogen functional groups attached to an aromatic ring is 1. The topological polar surface area (TPSA) is 59.1 Å². The van der Waals surface area contributed by atoms with Crippen molar-refractivity contribution in [2.75, 3.05) is 12.8 Å². The first-order valence-electron chi connectivity index (χ1n) is 10.4. The van der Waals surface area contributed by atoms with Gasteiger partial charge in [0.05, 0.1) is 7.11 Å². The number of allylic oxidation sites excluding steroid dienone is 1. The summed E-state index contributed by atoms with van der Waals surface area (Å²) in [6.45, 7) is 6.54. The van der Waals surface area contributed by atoms with Crippen molar-refractivity contribution < 1.29 is 4.74 Å². The molecule has 0 saturated carbocycles. The fraction of sp³-hybridized carbons (Fsp3) is 0.222. The average molecular weight is 399 g/mol. The van der Waals surface area contributed by atoms with E-state index in [2.05, 4.69) is 63.2 Å². The standard InChI is InChI=1S/C27H30N2O/c1-5-23(19-9-7-6-8-10-19)27(21-12-14-25(29)22(15-21)17-28)24-13-11-20(18(2)3)16-26(24)30-4/h6-18,28H,5,29H2,1-4H3/b27-23-,28-17?. The Morgan fingerprint density at radius 1 is 1.00 bits per heavy atom. The summed E-state index contributed by atoms with van der Waals surface area (Å²) >= 11 is 0. The van der Waals surface area contributed by atoms with Crippen molar-refractivity contribution in [3.05, 3.63) is 94.5 Å². The third-order valence-electron chi connectivity index (χ3n) is 5.47. The summed E-state index contributed by atoms with van der Waals surface area (Å²) in [4.78, 5) is 0. The molecule has 3 rings (SSSR count). The molecule has 0 radical (unpaired) electrons. The van der Waals surface area contributed by atoms with E-state index in [9.17, 15) is 0 Å². The van der Waals surface area contributed by atoms with Gasteiger partial charge in [0.25, 0.3) is 0 Å². The SMILES string of the molecule is CC/C(=C(\c1ccc(N)c(C=N)c1)c1ccc(C(C)C)cc1OC)c1ccccc1. The third-order valence-corrected chi connectivity index (χ3v) is 5.47. The number of nitrogens with one attached hydrogen (secondary N) is 1. The van der Waals surface area contributed by atoms with Crippen LogP contribution in [0.3, 0.4) is 0 Å². The lowest BCUT2D eigenvalue weighted by Gasteiger charge is -2.20. The highest BCUT2D eigenvalue weighted by atomic mass is 16.5. The van der Waals surface area contributed by atoms with Crippen molar-refractivity contribution in [1.82, 2.24) is 0 Å². The van der Waals surface area contributed by atoms with Gasteiger partial charge in [-0.1, -0.05) is 69.3 Å². The number of hydrogen-bond acceptors (Lipinski definition) is 3. The van der Waals surface area contributed by atoms with Crippen LogP contribution in [0.1, 0.15) is 60.9 Å². The molecule has 0 amide bonds. The molecule has 0 aliphatic rings. The second-order valence-electron chi connectivity index (χ2n) is 7.68. The van der Waals surface area contributed by atoms with E-state index < -0.39 is 0 Å². The van der Waals surface area contributed by atoms with E-state index >= 15 is 0 Å². The molecule has 0 heterocycles. The lowest BCUT2D eigenvalue weighted by atomic mass is 9.86. The van der Waals surface area contributed by atoms with Gasteiger partial charge in [0, 0.05) is 23.0 Å². The Bertz CT molecular complexity index is 1070. The van der Waals surface area contributed by atoms with Gasteiger partial charge in [-0.25, -0.2) is 0 Å². The zero-order valence-corrected chi connectivity index (χ0v) is 18.2. The second-order valence-corrected chi connectivity index (χ2v) is 7.68. The van der Waals surface area contributed by atoms with Crippen molar-refractivity contribution in [3.63, 3.8) is 0 Å². The molecule has 0 spiro atoms. The highest BCUT2D eigenvalue weighted by molar-refractivity contribution is 6.01. The minimum Gasteiger partial charge on any atom is -0.496 e. The summed E-state index contributed by atoms with van der Waals surface area (Å²) in [5.74, 6) is 1.27. The molecule has 0 aliphatic carbocycles. The molecule has 3 heteroatoms. The molecule has 3 N–H and O–H groups in total. The number of rotatable bonds is 7. The molecule has 3 nitrogen and oxygen atoms in total. The quantitative estimate of drug-likeness (QED) is 0.262. The first kappa shape index (κ1) is 21.4. The largest absolute Gasteiger partial charge is 0.496 e. The zero-order chi connectivity index (χ0) is 21.7. The van der Waals surface area contributed by atoms with E-state index in [4.69, 9.17) is 15.9 Å². The van der Waals surface area contributed by atoms with Crippen molar-refractivity contribution in [1.29, 1.82) is 5.41 Å². The van der Waals surface area contributed by atoms with Crippen LogP contribution in [-0.4, -0.2) is 13.3 Å². The van der Waals surface area contributed by atoms with Crippen molar-refractivity contribution in [2.45, 2.75) is 33.1 Å². The van der Waals surface area contributed by atoms with E-state index in [0.29, 0.717) is 17.2 Å². The summed E-state index contributed by atoms with van der Waals surface area (Å²) in [6.07, 6.45) is 2.17. The van der Waals surface area contributed by atoms with Crippen LogP contribution in [0.5, 0.6) is 5.75 Å². The molecule has 0 atom stereocenters. The first-order valence-corrected chi connectivity index (χ1v) is 10.4. The van der Waals surface area contributed by atoms with E-state index in [1.165, 1.54) is 22.9 Å². The molecule has 0 unspecified atom stereocenters. The van der Waals surface area contributed by atoms with E-state index in [0.717, 1.165) is 28.9 Å². The van der Waals surface area contributed by atoms with Crippen LogP contribution >= 0.6 is 0 Å². The highest BCUT2D eigenvalue weighted by Gasteiger charge is 2.18. The van der Waals surface area contributed by atoms with Gasteiger partial charge in [-0.2, -0.15) is 0 Å². The normalized spacial score (nSPS) is 11.9. The van der Waals surface area contributed by atoms with Gasteiger partial charge in [0.1, 0.15) is 5.75 Å². The molecule has 0 aromatic heterocycles. The second kappa shape index (κ2) is 9.45. The predicted octanol–water partition coefficient (Wildman–Crippen LogP) is 6.77. The Balaban J connectivity index is 2.37. The van der Waals surface area contributed by atoms with Crippen LogP contribution in [0.15, 0.2) is 66.7 Å². The summed E-state index contributed by atoms with van der Waals surface area (Å²) in [5.41, 5.74) is 14.2. The molecule has 0 aliphatic heterocycles. The Morgan fingerprint density at radius 3 is 2.33 bits per heavy atom. The Morgan fingerprint density at radius 2 is 1.73 bits per heavy atom. The monoisotopic (exact) mass is 398 g/mol. The minimum absolute atomic E-state index is 0.418. The lowest BCUT2D eigenvalue weighted by Crippen LogP contribution is -2.01. The summed E-state index contributed by atoms with van der Waals surface area (Å²) in [5, 5.41) is 7.75. The zero-order valence-electron chi connectivity index (χ0n) is 18.2. The summed E-state index contributed by atoms with van der Waals surface area (Å²) in [7, 11) is 1.72.